The molecular formula is C13H17NO. The minimum Gasteiger partial charge on any atom is -0.379 e. The summed E-state index contributed by atoms with van der Waals surface area (Å²) in [6.45, 7) is 4.13. The fraction of sp³-hybridized carbons (Fsp3) is 0.538. The summed E-state index contributed by atoms with van der Waals surface area (Å²) < 4.78 is 5.48. The number of benzene rings is 1. The third kappa shape index (κ3) is 1.40. The van der Waals surface area contributed by atoms with Crippen molar-refractivity contribution in [3.63, 3.8) is 0 Å². The van der Waals surface area contributed by atoms with Gasteiger partial charge in [-0.25, -0.2) is 0 Å². The second-order valence-electron chi connectivity index (χ2n) is 4.70. The van der Waals surface area contributed by atoms with Crippen molar-refractivity contribution in [1.29, 1.82) is 0 Å². The predicted molar refractivity (Wildman–Crippen MR) is 59.9 cm³/mol. The second-order valence-corrected chi connectivity index (χ2v) is 4.70. The molecule has 0 aromatic heterocycles. The molecule has 1 N–H and O–H groups in total. The fourth-order valence-electron chi connectivity index (χ4n) is 2.86. The maximum absolute atomic E-state index is 5.48. The zero-order valence-corrected chi connectivity index (χ0v) is 8.91. The highest BCUT2D eigenvalue weighted by Crippen LogP contribution is 2.41. The molecule has 1 aromatic rings. The number of ether oxygens (including phenoxy) is 1. The van der Waals surface area contributed by atoms with Crippen LogP contribution in [0.5, 0.6) is 0 Å². The van der Waals surface area contributed by atoms with Crippen LogP contribution < -0.4 is 5.32 Å². The second kappa shape index (κ2) is 3.62. The highest BCUT2D eigenvalue weighted by Gasteiger charge is 2.47. The van der Waals surface area contributed by atoms with Gasteiger partial charge in [-0.05, 0) is 31.0 Å². The lowest BCUT2D eigenvalue weighted by atomic mass is 9.68. The molecule has 0 spiro atoms. The van der Waals surface area contributed by atoms with Crippen LogP contribution in [-0.2, 0) is 10.2 Å². The first-order valence-corrected chi connectivity index (χ1v) is 5.76. The lowest BCUT2D eigenvalue weighted by Crippen LogP contribution is -2.53. The van der Waals surface area contributed by atoms with E-state index in [1.165, 1.54) is 18.5 Å². The molecule has 2 aliphatic heterocycles. The maximum atomic E-state index is 5.48. The average molecular weight is 203 g/mol. The molecule has 0 radical (unpaired) electrons. The van der Waals surface area contributed by atoms with Crippen molar-refractivity contribution in [3.05, 3.63) is 35.9 Å². The van der Waals surface area contributed by atoms with Crippen LogP contribution in [0.1, 0.15) is 12.0 Å². The van der Waals surface area contributed by atoms with Gasteiger partial charge in [0.05, 0.1) is 13.2 Å². The topological polar surface area (TPSA) is 21.3 Å². The van der Waals surface area contributed by atoms with Crippen molar-refractivity contribution in [2.45, 2.75) is 11.8 Å². The largest absolute Gasteiger partial charge is 0.379 e. The van der Waals surface area contributed by atoms with Crippen molar-refractivity contribution in [2.24, 2.45) is 5.92 Å². The molecule has 2 heterocycles. The fourth-order valence-corrected chi connectivity index (χ4v) is 2.86. The van der Waals surface area contributed by atoms with Gasteiger partial charge in [0.1, 0.15) is 0 Å². The molecule has 0 aliphatic carbocycles. The van der Waals surface area contributed by atoms with E-state index in [4.69, 9.17) is 4.74 Å². The van der Waals surface area contributed by atoms with E-state index in [1.807, 2.05) is 0 Å². The monoisotopic (exact) mass is 203 g/mol. The SMILES string of the molecule is c1ccc(C2(C3CCNC3)COC2)cc1. The third-order valence-electron chi connectivity index (χ3n) is 3.91. The summed E-state index contributed by atoms with van der Waals surface area (Å²) in [5.74, 6) is 0.758. The number of hydrogen-bond acceptors (Lipinski definition) is 2. The standard InChI is InChI=1S/C13H17NO/c1-2-4-11(5-3-1)13(9-15-10-13)12-6-7-14-8-12/h1-5,12,14H,6-10H2. The Morgan fingerprint density at radius 3 is 2.53 bits per heavy atom. The Balaban J connectivity index is 1.92. The molecule has 2 saturated heterocycles. The van der Waals surface area contributed by atoms with Gasteiger partial charge in [-0.1, -0.05) is 30.3 Å². The summed E-state index contributed by atoms with van der Waals surface area (Å²) in [6, 6.07) is 10.9. The molecule has 80 valence electrons. The Kier molecular flexibility index (Phi) is 2.26. The number of hydrogen-bond donors (Lipinski definition) is 1. The van der Waals surface area contributed by atoms with E-state index in [1.54, 1.807) is 0 Å². The van der Waals surface area contributed by atoms with Gasteiger partial charge in [0.25, 0.3) is 0 Å². The summed E-state index contributed by atoms with van der Waals surface area (Å²) in [5.41, 5.74) is 1.77. The van der Waals surface area contributed by atoms with Crippen molar-refractivity contribution >= 4 is 0 Å². The van der Waals surface area contributed by atoms with E-state index in [0.29, 0.717) is 5.41 Å². The lowest BCUT2D eigenvalue weighted by molar-refractivity contribution is -0.0869. The van der Waals surface area contributed by atoms with Gasteiger partial charge in [-0.2, -0.15) is 0 Å². The van der Waals surface area contributed by atoms with E-state index in [0.717, 1.165) is 25.7 Å². The summed E-state index contributed by atoms with van der Waals surface area (Å²) >= 11 is 0. The van der Waals surface area contributed by atoms with Crippen LogP contribution in [0, 0.1) is 5.92 Å². The van der Waals surface area contributed by atoms with Crippen LogP contribution in [0.3, 0.4) is 0 Å². The van der Waals surface area contributed by atoms with E-state index in [-0.39, 0.29) is 0 Å². The highest BCUT2D eigenvalue weighted by molar-refractivity contribution is 5.29. The zero-order valence-electron chi connectivity index (χ0n) is 8.91. The van der Waals surface area contributed by atoms with Crippen LogP contribution in [-0.4, -0.2) is 26.3 Å². The highest BCUT2D eigenvalue weighted by atomic mass is 16.5. The quantitative estimate of drug-likeness (QED) is 0.787. The Hall–Kier alpha value is -0.860. The lowest BCUT2D eigenvalue weighted by Gasteiger charge is -2.46. The third-order valence-corrected chi connectivity index (χ3v) is 3.91. The first-order chi connectivity index (χ1) is 7.42. The first-order valence-electron chi connectivity index (χ1n) is 5.76. The Morgan fingerprint density at radius 1 is 1.20 bits per heavy atom. The smallest absolute Gasteiger partial charge is 0.0588 e. The van der Waals surface area contributed by atoms with Crippen LogP contribution in [0.2, 0.25) is 0 Å². The Morgan fingerprint density at radius 2 is 2.00 bits per heavy atom. The van der Waals surface area contributed by atoms with Gasteiger partial charge in [0.15, 0.2) is 0 Å². The summed E-state index contributed by atoms with van der Waals surface area (Å²) in [5, 5.41) is 3.46. The van der Waals surface area contributed by atoms with Crippen molar-refractivity contribution in [1.82, 2.24) is 5.32 Å². The molecule has 2 aliphatic rings. The normalized spacial score (nSPS) is 28.7. The minimum absolute atomic E-state index is 0.310. The molecule has 15 heavy (non-hydrogen) atoms. The van der Waals surface area contributed by atoms with Gasteiger partial charge in [0.2, 0.25) is 0 Å². The molecule has 0 amide bonds. The van der Waals surface area contributed by atoms with Crippen molar-refractivity contribution in [3.8, 4) is 0 Å². The molecule has 1 aromatic carbocycles. The molecule has 2 fully saturated rings. The van der Waals surface area contributed by atoms with Crippen LogP contribution in [0.4, 0.5) is 0 Å². The number of rotatable bonds is 2. The van der Waals surface area contributed by atoms with Crippen molar-refractivity contribution < 1.29 is 4.74 Å². The Labute approximate surface area is 90.6 Å². The molecule has 3 rings (SSSR count). The minimum atomic E-state index is 0.310. The van der Waals surface area contributed by atoms with Crippen LogP contribution in [0.15, 0.2) is 30.3 Å². The average Bonchev–Trinajstić information content (AvgIpc) is 2.72. The van der Waals surface area contributed by atoms with E-state index in [9.17, 15) is 0 Å². The summed E-state index contributed by atoms with van der Waals surface area (Å²) in [4.78, 5) is 0. The molecule has 1 unspecified atom stereocenters. The van der Waals surface area contributed by atoms with Gasteiger partial charge >= 0.3 is 0 Å². The first kappa shape index (κ1) is 9.37. The zero-order chi connectivity index (χ0) is 10.1. The van der Waals surface area contributed by atoms with Gasteiger partial charge in [-0.15, -0.1) is 0 Å². The molecular weight excluding hydrogens is 186 g/mol. The molecule has 0 bridgehead atoms. The summed E-state index contributed by atoms with van der Waals surface area (Å²) in [6.07, 6.45) is 1.29. The Bertz CT molecular complexity index is 326. The summed E-state index contributed by atoms with van der Waals surface area (Å²) in [7, 11) is 0. The van der Waals surface area contributed by atoms with Crippen LogP contribution in [0.25, 0.3) is 0 Å². The molecule has 0 saturated carbocycles. The van der Waals surface area contributed by atoms with Crippen LogP contribution >= 0.6 is 0 Å². The van der Waals surface area contributed by atoms with E-state index >= 15 is 0 Å². The maximum Gasteiger partial charge on any atom is 0.0588 e. The van der Waals surface area contributed by atoms with Crippen molar-refractivity contribution in [2.75, 3.05) is 26.3 Å². The molecule has 1 atom stereocenters. The van der Waals surface area contributed by atoms with Gasteiger partial charge < -0.3 is 10.1 Å². The number of nitrogens with one attached hydrogen (secondary N) is 1. The predicted octanol–water partition coefficient (Wildman–Crippen LogP) is 1.56. The van der Waals surface area contributed by atoms with E-state index < -0.39 is 0 Å². The van der Waals surface area contributed by atoms with Gasteiger partial charge in [-0.3, -0.25) is 0 Å². The molecule has 2 heteroatoms. The van der Waals surface area contributed by atoms with E-state index in [2.05, 4.69) is 35.6 Å². The molecule has 2 nitrogen and oxygen atoms in total. The van der Waals surface area contributed by atoms with Gasteiger partial charge in [0, 0.05) is 5.41 Å².